The number of nitrogens with zero attached hydrogens (tertiary/aromatic N) is 1. The number of piperidine rings is 1. The SMILES string of the molecule is Cc1c(C(=O)N2CC(C(N)=O)CCC2C)oc2c1C(=O)CCC2. The zero-order valence-electron chi connectivity index (χ0n) is 13.6. The Balaban J connectivity index is 1.91. The molecule has 0 aromatic carbocycles. The first-order valence-electron chi connectivity index (χ1n) is 8.16. The fourth-order valence-electron chi connectivity index (χ4n) is 3.61. The Kier molecular flexibility index (Phi) is 4.00. The third-order valence-corrected chi connectivity index (χ3v) is 5.05. The van der Waals surface area contributed by atoms with E-state index in [-0.39, 0.29) is 35.3 Å². The molecule has 2 aliphatic rings. The summed E-state index contributed by atoms with van der Waals surface area (Å²) in [5, 5.41) is 0. The van der Waals surface area contributed by atoms with E-state index in [1.165, 1.54) is 0 Å². The van der Waals surface area contributed by atoms with Gasteiger partial charge in [-0.05, 0) is 33.1 Å². The monoisotopic (exact) mass is 318 g/mol. The second-order valence-electron chi connectivity index (χ2n) is 6.61. The molecule has 0 bridgehead atoms. The molecule has 124 valence electrons. The average Bonchev–Trinajstić information content (AvgIpc) is 2.85. The van der Waals surface area contributed by atoms with Gasteiger partial charge in [-0.2, -0.15) is 0 Å². The van der Waals surface area contributed by atoms with E-state index in [1.807, 2.05) is 6.92 Å². The van der Waals surface area contributed by atoms with Crippen LogP contribution in [0.15, 0.2) is 4.42 Å². The van der Waals surface area contributed by atoms with Gasteiger partial charge in [-0.1, -0.05) is 0 Å². The van der Waals surface area contributed by atoms with E-state index in [0.29, 0.717) is 42.7 Å². The first-order valence-corrected chi connectivity index (χ1v) is 8.16. The van der Waals surface area contributed by atoms with Crippen LogP contribution in [0.1, 0.15) is 64.8 Å². The van der Waals surface area contributed by atoms with Crippen LogP contribution in [-0.2, 0) is 11.2 Å². The van der Waals surface area contributed by atoms with Gasteiger partial charge in [0.05, 0.1) is 11.5 Å². The van der Waals surface area contributed by atoms with Crippen molar-refractivity contribution in [1.29, 1.82) is 0 Å². The first-order chi connectivity index (χ1) is 10.9. The Morgan fingerprint density at radius 2 is 2.00 bits per heavy atom. The lowest BCUT2D eigenvalue weighted by molar-refractivity contribution is -0.123. The third kappa shape index (κ3) is 2.66. The number of ketones is 1. The molecule has 1 aromatic rings. The minimum Gasteiger partial charge on any atom is -0.455 e. The number of rotatable bonds is 2. The maximum absolute atomic E-state index is 12.9. The van der Waals surface area contributed by atoms with Gasteiger partial charge in [0.2, 0.25) is 5.91 Å². The molecule has 3 rings (SSSR count). The summed E-state index contributed by atoms with van der Waals surface area (Å²) in [6.07, 6.45) is 3.39. The maximum atomic E-state index is 12.9. The van der Waals surface area contributed by atoms with Crippen LogP contribution in [-0.4, -0.2) is 35.1 Å². The van der Waals surface area contributed by atoms with Crippen LogP contribution >= 0.6 is 0 Å². The smallest absolute Gasteiger partial charge is 0.290 e. The standard InChI is InChI=1S/C17H22N2O4/c1-9-6-7-11(16(18)21)8-19(9)17(22)15-10(2)14-12(20)4-3-5-13(14)23-15/h9,11H,3-8H2,1-2H3,(H2,18,21). The number of likely N-dealkylation sites (tertiary alicyclic amines) is 1. The number of fused-ring (bicyclic) bond motifs is 1. The molecule has 2 N–H and O–H groups in total. The van der Waals surface area contributed by atoms with Crippen molar-refractivity contribution in [3.8, 4) is 0 Å². The molecular formula is C17H22N2O4. The molecule has 1 aliphatic carbocycles. The summed E-state index contributed by atoms with van der Waals surface area (Å²) in [7, 11) is 0. The molecule has 2 amide bonds. The quantitative estimate of drug-likeness (QED) is 0.900. The van der Waals surface area contributed by atoms with Gasteiger partial charge in [0, 0.05) is 31.0 Å². The molecular weight excluding hydrogens is 296 g/mol. The van der Waals surface area contributed by atoms with Gasteiger partial charge in [0.25, 0.3) is 5.91 Å². The second kappa shape index (κ2) is 5.83. The molecule has 0 saturated carbocycles. The van der Waals surface area contributed by atoms with Crippen molar-refractivity contribution in [1.82, 2.24) is 4.90 Å². The summed E-state index contributed by atoms with van der Waals surface area (Å²) < 4.78 is 5.74. The summed E-state index contributed by atoms with van der Waals surface area (Å²) in [6, 6.07) is 0.0235. The van der Waals surface area contributed by atoms with E-state index < -0.39 is 0 Å². The third-order valence-electron chi connectivity index (χ3n) is 5.05. The predicted molar refractivity (Wildman–Crippen MR) is 83.1 cm³/mol. The zero-order chi connectivity index (χ0) is 16.7. The lowest BCUT2D eigenvalue weighted by Gasteiger charge is -2.36. The van der Waals surface area contributed by atoms with Crippen LogP contribution < -0.4 is 5.73 Å². The fourth-order valence-corrected chi connectivity index (χ4v) is 3.61. The number of hydrogen-bond acceptors (Lipinski definition) is 4. The van der Waals surface area contributed by atoms with Crippen LogP contribution in [0.4, 0.5) is 0 Å². The zero-order valence-corrected chi connectivity index (χ0v) is 13.6. The summed E-state index contributed by atoms with van der Waals surface area (Å²) in [4.78, 5) is 38.1. The molecule has 1 aliphatic heterocycles. The summed E-state index contributed by atoms with van der Waals surface area (Å²) in [5.41, 5.74) is 6.60. The average molecular weight is 318 g/mol. The fraction of sp³-hybridized carbons (Fsp3) is 0.588. The molecule has 1 fully saturated rings. The Labute approximate surface area is 135 Å². The van der Waals surface area contributed by atoms with Crippen LogP contribution in [0.3, 0.4) is 0 Å². The number of carbonyl (C=O) groups excluding carboxylic acids is 3. The van der Waals surface area contributed by atoms with Gasteiger partial charge >= 0.3 is 0 Å². The lowest BCUT2D eigenvalue weighted by Crippen LogP contribution is -2.48. The van der Waals surface area contributed by atoms with Crippen LogP contribution in [0.2, 0.25) is 0 Å². The number of Topliss-reactive ketones (excluding diaryl/α,β-unsaturated/α-hetero) is 1. The number of carbonyl (C=O) groups is 3. The van der Waals surface area contributed by atoms with Crippen molar-refractivity contribution < 1.29 is 18.8 Å². The summed E-state index contributed by atoms with van der Waals surface area (Å²) >= 11 is 0. The molecule has 23 heavy (non-hydrogen) atoms. The van der Waals surface area contributed by atoms with E-state index in [4.69, 9.17) is 10.2 Å². The van der Waals surface area contributed by atoms with Crippen LogP contribution in [0.25, 0.3) is 0 Å². The molecule has 6 nitrogen and oxygen atoms in total. The van der Waals surface area contributed by atoms with Gasteiger partial charge in [0.15, 0.2) is 11.5 Å². The van der Waals surface area contributed by atoms with E-state index in [9.17, 15) is 14.4 Å². The van der Waals surface area contributed by atoms with E-state index in [0.717, 1.165) is 12.8 Å². The molecule has 1 saturated heterocycles. The number of hydrogen-bond donors (Lipinski definition) is 1. The van der Waals surface area contributed by atoms with Crippen molar-refractivity contribution >= 4 is 17.6 Å². The first kappa shape index (κ1) is 15.8. The minimum absolute atomic E-state index is 0.0235. The van der Waals surface area contributed by atoms with Crippen molar-refractivity contribution in [3.63, 3.8) is 0 Å². The second-order valence-corrected chi connectivity index (χ2v) is 6.61. The van der Waals surface area contributed by atoms with Crippen molar-refractivity contribution in [2.75, 3.05) is 6.54 Å². The Morgan fingerprint density at radius 3 is 2.65 bits per heavy atom. The van der Waals surface area contributed by atoms with E-state index in [2.05, 4.69) is 0 Å². The Morgan fingerprint density at radius 1 is 1.26 bits per heavy atom. The normalized spacial score (nSPS) is 24.4. The Bertz CT molecular complexity index is 676. The van der Waals surface area contributed by atoms with E-state index in [1.54, 1.807) is 11.8 Å². The molecule has 0 radical (unpaired) electrons. The minimum atomic E-state index is -0.375. The predicted octanol–water partition coefficient (Wildman–Crippen LogP) is 1.83. The Hall–Kier alpha value is -2.11. The number of amides is 2. The van der Waals surface area contributed by atoms with Crippen molar-refractivity contribution in [3.05, 3.63) is 22.6 Å². The van der Waals surface area contributed by atoms with Gasteiger partial charge in [-0.3, -0.25) is 14.4 Å². The van der Waals surface area contributed by atoms with Crippen molar-refractivity contribution in [2.45, 2.75) is 52.0 Å². The molecule has 0 spiro atoms. The molecule has 2 heterocycles. The van der Waals surface area contributed by atoms with Gasteiger partial charge in [-0.15, -0.1) is 0 Å². The molecule has 2 unspecified atom stereocenters. The largest absolute Gasteiger partial charge is 0.455 e. The topological polar surface area (TPSA) is 93.6 Å². The number of nitrogens with two attached hydrogens (primary N) is 1. The van der Waals surface area contributed by atoms with Crippen molar-refractivity contribution in [2.24, 2.45) is 11.7 Å². The van der Waals surface area contributed by atoms with Gasteiger partial charge < -0.3 is 15.1 Å². The van der Waals surface area contributed by atoms with Gasteiger partial charge in [-0.25, -0.2) is 0 Å². The highest BCUT2D eigenvalue weighted by Crippen LogP contribution is 2.31. The highest BCUT2D eigenvalue weighted by Gasteiger charge is 2.36. The number of furan rings is 1. The molecule has 6 heteroatoms. The number of aryl methyl sites for hydroxylation is 1. The maximum Gasteiger partial charge on any atom is 0.290 e. The molecule has 1 aromatic heterocycles. The van der Waals surface area contributed by atoms with E-state index >= 15 is 0 Å². The van der Waals surface area contributed by atoms with Gasteiger partial charge in [0.1, 0.15) is 5.76 Å². The van der Waals surface area contributed by atoms with Crippen LogP contribution in [0, 0.1) is 12.8 Å². The highest BCUT2D eigenvalue weighted by atomic mass is 16.4. The lowest BCUT2D eigenvalue weighted by atomic mass is 9.92. The number of primary amides is 1. The molecule has 2 atom stereocenters. The summed E-state index contributed by atoms with van der Waals surface area (Å²) in [6.45, 7) is 4.03. The summed E-state index contributed by atoms with van der Waals surface area (Å²) in [5.74, 6) is -0.0288. The van der Waals surface area contributed by atoms with Crippen LogP contribution in [0.5, 0.6) is 0 Å². The highest BCUT2D eigenvalue weighted by molar-refractivity contribution is 6.03.